The van der Waals surface area contributed by atoms with Gasteiger partial charge in [-0.1, -0.05) is 43.7 Å². The molecule has 3 rings (SSSR count). The topological polar surface area (TPSA) is 8.81 Å². The van der Waals surface area contributed by atoms with Gasteiger partial charge in [-0.15, -0.1) is 10.7 Å². The zero-order chi connectivity index (χ0) is 17.4. The summed E-state index contributed by atoms with van der Waals surface area (Å²) >= 11 is 0. The van der Waals surface area contributed by atoms with Gasteiger partial charge in [-0.2, -0.15) is 22.2 Å². The van der Waals surface area contributed by atoms with Gasteiger partial charge in [-0.3, -0.25) is 0 Å². The summed E-state index contributed by atoms with van der Waals surface area (Å²) in [6.45, 7) is 10.9. The Morgan fingerprint density at radius 3 is 2.12 bits per heavy atom. The maximum absolute atomic E-state index is 2.31. The summed E-state index contributed by atoms with van der Waals surface area (Å²) < 4.78 is 4.48. The van der Waals surface area contributed by atoms with Gasteiger partial charge in [0.2, 0.25) is 0 Å². The molecule has 0 bridgehead atoms. The minimum Gasteiger partial charge on any atom is -0.173 e. The number of benzene rings is 2. The fourth-order valence-electron chi connectivity index (χ4n) is 3.64. The maximum Gasteiger partial charge on any atom is 0.195 e. The summed E-state index contributed by atoms with van der Waals surface area (Å²) in [7, 11) is 2.10. The largest absolute Gasteiger partial charge is 0.195 e. The van der Waals surface area contributed by atoms with Crippen LogP contribution in [0.2, 0.25) is 0 Å². The van der Waals surface area contributed by atoms with Crippen molar-refractivity contribution in [1.29, 1.82) is 0 Å². The number of hydrogen-bond acceptors (Lipinski definition) is 0. The van der Waals surface area contributed by atoms with Crippen LogP contribution < -0.4 is 4.68 Å². The Bertz CT molecular complexity index is 868. The second-order valence-corrected chi connectivity index (χ2v) is 6.88. The zero-order valence-electron chi connectivity index (χ0n) is 15.8. The van der Waals surface area contributed by atoms with Crippen molar-refractivity contribution >= 4 is 0 Å². The number of aromatic nitrogens is 2. The first-order valence-electron chi connectivity index (χ1n) is 8.46. The molecule has 0 atom stereocenters. The first-order valence-corrected chi connectivity index (χ1v) is 8.46. The van der Waals surface area contributed by atoms with E-state index in [0.717, 1.165) is 0 Å². The van der Waals surface area contributed by atoms with Gasteiger partial charge in [0.25, 0.3) is 0 Å². The molecule has 0 aliphatic heterocycles. The standard InChI is InChI=1S/C22H26N2.Ir/c1-15(2)19-9-7-8-10-20(19)24-21(11-12-23(24)6)22-17(4)13-16(3)14-18(22)5;/h7-14H,1-6H3;. The molecule has 1 radical (unpaired) electrons. The van der Waals surface area contributed by atoms with Crippen molar-refractivity contribution in [2.75, 3.05) is 0 Å². The Morgan fingerprint density at radius 1 is 0.920 bits per heavy atom. The second kappa shape index (κ2) is 7.59. The van der Waals surface area contributed by atoms with Gasteiger partial charge in [0.1, 0.15) is 5.69 Å². The molecule has 3 aromatic rings. The Hall–Kier alpha value is -1.83. The van der Waals surface area contributed by atoms with Crippen LogP contribution in [0.4, 0.5) is 0 Å². The molecule has 133 valence electrons. The predicted octanol–water partition coefficient (Wildman–Crippen LogP) is 4.85. The van der Waals surface area contributed by atoms with Crippen molar-refractivity contribution < 1.29 is 24.8 Å². The SMILES string of the molecule is Cc1cc(C)c(-c2cc[n+](C)n2-c2ccccc2[C-](C)C)c(C)c1.[Ir]. The van der Waals surface area contributed by atoms with Gasteiger partial charge in [-0.05, 0) is 31.9 Å². The zero-order valence-corrected chi connectivity index (χ0v) is 18.2. The van der Waals surface area contributed by atoms with Crippen LogP contribution in [0.15, 0.2) is 48.7 Å². The van der Waals surface area contributed by atoms with Crippen LogP contribution in [-0.2, 0) is 27.2 Å². The molecule has 0 aliphatic rings. The monoisotopic (exact) mass is 511 g/mol. The van der Waals surface area contributed by atoms with E-state index in [1.165, 1.54) is 45.1 Å². The van der Waals surface area contributed by atoms with Crippen LogP contribution >= 0.6 is 0 Å². The summed E-state index contributed by atoms with van der Waals surface area (Å²) in [6.07, 6.45) is 2.13. The van der Waals surface area contributed by atoms with E-state index in [0.29, 0.717) is 0 Å². The first-order chi connectivity index (χ1) is 11.4. The first kappa shape index (κ1) is 19.5. The maximum atomic E-state index is 2.31. The minimum absolute atomic E-state index is 0. The summed E-state index contributed by atoms with van der Waals surface area (Å²) in [6, 6.07) is 15.4. The van der Waals surface area contributed by atoms with Crippen LogP contribution in [0, 0.1) is 26.7 Å². The molecule has 1 aromatic heterocycles. The molecule has 0 amide bonds. The fourth-order valence-corrected chi connectivity index (χ4v) is 3.64. The molecule has 0 aliphatic carbocycles. The summed E-state index contributed by atoms with van der Waals surface area (Å²) in [5.41, 5.74) is 9.02. The number of nitrogens with zero attached hydrogens (tertiary/aromatic N) is 2. The van der Waals surface area contributed by atoms with Gasteiger partial charge >= 0.3 is 0 Å². The molecule has 1 heterocycles. The summed E-state index contributed by atoms with van der Waals surface area (Å²) in [5, 5.41) is 0. The molecule has 2 aromatic carbocycles. The molecular formula is C22H26IrN2. The number of hydrogen-bond donors (Lipinski definition) is 0. The summed E-state index contributed by atoms with van der Waals surface area (Å²) in [4.78, 5) is 0. The van der Waals surface area contributed by atoms with E-state index in [4.69, 9.17) is 0 Å². The minimum atomic E-state index is 0. The number of aryl methyl sites for hydroxylation is 4. The molecule has 0 fully saturated rings. The van der Waals surface area contributed by atoms with Gasteiger partial charge in [0.15, 0.2) is 13.2 Å². The van der Waals surface area contributed by atoms with E-state index in [2.05, 4.69) is 99.7 Å². The molecule has 3 heteroatoms. The Balaban J connectivity index is 0.00000225. The Kier molecular flexibility index (Phi) is 5.92. The van der Waals surface area contributed by atoms with E-state index >= 15 is 0 Å². The Morgan fingerprint density at radius 2 is 1.52 bits per heavy atom. The van der Waals surface area contributed by atoms with Crippen LogP contribution in [0.25, 0.3) is 16.9 Å². The van der Waals surface area contributed by atoms with Crippen molar-refractivity contribution in [3.8, 4) is 16.9 Å². The molecule has 0 saturated carbocycles. The fraction of sp³-hybridized carbons (Fsp3) is 0.273. The third kappa shape index (κ3) is 3.58. The average Bonchev–Trinajstić information content (AvgIpc) is 2.87. The molecule has 0 N–H and O–H groups in total. The van der Waals surface area contributed by atoms with Crippen LogP contribution in [0.1, 0.15) is 36.1 Å². The van der Waals surface area contributed by atoms with Crippen LogP contribution in [0.3, 0.4) is 0 Å². The third-order valence-electron chi connectivity index (χ3n) is 4.60. The van der Waals surface area contributed by atoms with E-state index in [-0.39, 0.29) is 20.1 Å². The number of para-hydroxylation sites is 1. The Labute approximate surface area is 164 Å². The molecule has 0 saturated heterocycles. The van der Waals surface area contributed by atoms with Gasteiger partial charge in [-0.25, -0.2) is 0 Å². The molecular weight excluding hydrogens is 484 g/mol. The normalized spacial score (nSPS) is 10.5. The third-order valence-corrected chi connectivity index (χ3v) is 4.60. The average molecular weight is 511 g/mol. The molecule has 2 nitrogen and oxygen atoms in total. The molecule has 0 spiro atoms. The van der Waals surface area contributed by atoms with E-state index in [1.807, 2.05) is 0 Å². The van der Waals surface area contributed by atoms with E-state index in [9.17, 15) is 0 Å². The smallest absolute Gasteiger partial charge is 0.173 e. The van der Waals surface area contributed by atoms with E-state index < -0.39 is 0 Å². The quantitative estimate of drug-likeness (QED) is 0.352. The number of rotatable bonds is 3. The summed E-state index contributed by atoms with van der Waals surface area (Å²) in [5.74, 6) is 1.32. The van der Waals surface area contributed by atoms with Crippen molar-refractivity contribution in [1.82, 2.24) is 4.68 Å². The van der Waals surface area contributed by atoms with Crippen molar-refractivity contribution in [3.05, 3.63) is 76.8 Å². The second-order valence-electron chi connectivity index (χ2n) is 6.88. The molecule has 0 unspecified atom stereocenters. The van der Waals surface area contributed by atoms with Gasteiger partial charge in [0, 0.05) is 37.4 Å². The van der Waals surface area contributed by atoms with Gasteiger partial charge < -0.3 is 0 Å². The van der Waals surface area contributed by atoms with Crippen molar-refractivity contribution in [3.63, 3.8) is 0 Å². The van der Waals surface area contributed by atoms with Crippen LogP contribution in [-0.4, -0.2) is 4.68 Å². The van der Waals surface area contributed by atoms with Crippen LogP contribution in [0.5, 0.6) is 0 Å². The van der Waals surface area contributed by atoms with E-state index in [1.54, 1.807) is 0 Å². The molecule has 25 heavy (non-hydrogen) atoms. The van der Waals surface area contributed by atoms with Crippen molar-refractivity contribution in [2.45, 2.75) is 34.6 Å². The van der Waals surface area contributed by atoms with Gasteiger partial charge in [0.05, 0.1) is 0 Å². The van der Waals surface area contributed by atoms with Crippen molar-refractivity contribution in [2.24, 2.45) is 7.05 Å². The predicted molar refractivity (Wildman–Crippen MR) is 100 cm³/mol.